The molecule has 0 aromatic heterocycles. The number of thioether (sulfide) groups is 1. The third-order valence-electron chi connectivity index (χ3n) is 5.27. The summed E-state index contributed by atoms with van der Waals surface area (Å²) >= 11 is 5.31. The van der Waals surface area contributed by atoms with E-state index in [0.29, 0.717) is 11.7 Å². The van der Waals surface area contributed by atoms with E-state index in [1.807, 2.05) is 36.0 Å². The van der Waals surface area contributed by atoms with Gasteiger partial charge >= 0.3 is 12.0 Å². The number of nitrogens with one attached hydrogen (secondary N) is 3. The molecule has 0 spiro atoms. The number of urea groups is 1. The van der Waals surface area contributed by atoms with Gasteiger partial charge in [0, 0.05) is 21.9 Å². The van der Waals surface area contributed by atoms with Crippen molar-refractivity contribution in [3.63, 3.8) is 0 Å². The lowest BCUT2D eigenvalue weighted by atomic mass is 10.0. The lowest BCUT2D eigenvalue weighted by Gasteiger charge is -2.19. The number of amides is 3. The molecule has 0 unspecified atom stereocenters. The molecule has 2 aliphatic rings. The van der Waals surface area contributed by atoms with Crippen LogP contribution in [0.1, 0.15) is 43.7 Å². The zero-order chi connectivity index (χ0) is 20.8. The fourth-order valence-corrected chi connectivity index (χ4v) is 5.73. The van der Waals surface area contributed by atoms with Crippen LogP contribution in [0.15, 0.2) is 28.7 Å². The van der Waals surface area contributed by atoms with E-state index in [2.05, 4.69) is 31.9 Å². The molecular weight excluding hydrogens is 458 g/mol. The summed E-state index contributed by atoms with van der Waals surface area (Å²) in [5, 5.41) is 9.29. The van der Waals surface area contributed by atoms with Crippen molar-refractivity contribution in [3.05, 3.63) is 34.3 Å². The summed E-state index contributed by atoms with van der Waals surface area (Å²) < 4.78 is 5.66. The Hall–Kier alpha value is -1.74. The lowest BCUT2D eigenvalue weighted by Crippen LogP contribution is -2.36. The number of carbonyl (C=O) groups excluding carboxylic acids is 3. The van der Waals surface area contributed by atoms with Gasteiger partial charge in [-0.2, -0.15) is 11.8 Å². The summed E-state index contributed by atoms with van der Waals surface area (Å²) in [6.45, 7) is 0. The standard InChI is InChI=1S/C20H26BrN3O4S/c1-28-18(26)10-14(12-5-4-6-13(21)9-12)22-17(25)8-3-2-7-16-19-15(11-29-16)23-20(27)24-19/h4-6,9,14-16,19H,2-3,7-8,10-11H2,1H3,(H,22,25)(H2,23,24,27)/t14-,15-,16-,19-/m0/s1. The number of rotatable bonds is 9. The largest absolute Gasteiger partial charge is 0.469 e. The molecule has 0 saturated carbocycles. The van der Waals surface area contributed by atoms with Gasteiger partial charge in [-0.1, -0.05) is 34.5 Å². The number of carbonyl (C=O) groups is 3. The number of hydrogen-bond acceptors (Lipinski definition) is 5. The highest BCUT2D eigenvalue weighted by Crippen LogP contribution is 2.33. The van der Waals surface area contributed by atoms with Gasteiger partial charge in [0.15, 0.2) is 0 Å². The van der Waals surface area contributed by atoms with Gasteiger partial charge in [-0.15, -0.1) is 0 Å². The van der Waals surface area contributed by atoms with E-state index in [4.69, 9.17) is 4.74 Å². The van der Waals surface area contributed by atoms with Crippen LogP contribution in [0.2, 0.25) is 0 Å². The second kappa shape index (κ2) is 10.3. The third-order valence-corrected chi connectivity index (χ3v) is 7.27. The quantitative estimate of drug-likeness (QED) is 0.285. The summed E-state index contributed by atoms with van der Waals surface area (Å²) in [5.74, 6) is 0.498. The second-order valence-corrected chi connectivity index (χ2v) is 9.51. The highest BCUT2D eigenvalue weighted by Gasteiger charge is 2.42. The monoisotopic (exact) mass is 483 g/mol. The van der Waals surface area contributed by atoms with Gasteiger partial charge < -0.3 is 20.7 Å². The van der Waals surface area contributed by atoms with E-state index in [1.54, 1.807) is 0 Å². The Morgan fingerprint density at radius 3 is 2.93 bits per heavy atom. The zero-order valence-corrected chi connectivity index (χ0v) is 18.7. The Balaban J connectivity index is 1.45. The zero-order valence-electron chi connectivity index (χ0n) is 16.3. The molecule has 0 radical (unpaired) electrons. The molecule has 2 saturated heterocycles. The van der Waals surface area contributed by atoms with E-state index in [-0.39, 0.29) is 36.4 Å². The summed E-state index contributed by atoms with van der Waals surface area (Å²) in [7, 11) is 1.34. The van der Waals surface area contributed by atoms with E-state index < -0.39 is 6.04 Å². The summed E-state index contributed by atoms with van der Waals surface area (Å²) in [5.41, 5.74) is 0.857. The van der Waals surface area contributed by atoms with Crippen molar-refractivity contribution >= 4 is 45.6 Å². The van der Waals surface area contributed by atoms with Crippen LogP contribution < -0.4 is 16.0 Å². The first-order valence-corrected chi connectivity index (χ1v) is 11.6. The first-order chi connectivity index (χ1) is 14.0. The predicted octanol–water partition coefficient (Wildman–Crippen LogP) is 2.90. The lowest BCUT2D eigenvalue weighted by molar-refractivity contribution is -0.141. The molecular formula is C20H26BrN3O4S. The highest BCUT2D eigenvalue weighted by atomic mass is 79.9. The van der Waals surface area contributed by atoms with Crippen LogP contribution in [0.5, 0.6) is 0 Å². The molecule has 9 heteroatoms. The first kappa shape index (κ1) is 22.0. The van der Waals surface area contributed by atoms with Gasteiger partial charge in [-0.25, -0.2) is 4.79 Å². The Morgan fingerprint density at radius 2 is 2.17 bits per heavy atom. The van der Waals surface area contributed by atoms with Crippen LogP contribution in [0, 0.1) is 0 Å². The average molecular weight is 484 g/mol. The molecule has 7 nitrogen and oxygen atoms in total. The molecule has 3 N–H and O–H groups in total. The summed E-state index contributed by atoms with van der Waals surface area (Å²) in [6, 6.07) is 7.48. The van der Waals surface area contributed by atoms with Gasteiger partial charge in [-0.05, 0) is 30.5 Å². The maximum absolute atomic E-state index is 12.5. The van der Waals surface area contributed by atoms with Crippen LogP contribution >= 0.6 is 27.7 Å². The molecule has 1 aromatic carbocycles. The summed E-state index contributed by atoms with van der Waals surface area (Å²) in [6.07, 6.45) is 3.15. The average Bonchev–Trinajstić information content (AvgIpc) is 3.24. The number of hydrogen-bond donors (Lipinski definition) is 3. The third kappa shape index (κ3) is 6.12. The molecule has 158 valence electrons. The topological polar surface area (TPSA) is 96.5 Å². The van der Waals surface area contributed by atoms with Gasteiger partial charge in [0.2, 0.25) is 5.91 Å². The Bertz CT molecular complexity index is 763. The fourth-order valence-electron chi connectivity index (χ4n) is 3.77. The van der Waals surface area contributed by atoms with E-state index >= 15 is 0 Å². The van der Waals surface area contributed by atoms with Crippen molar-refractivity contribution in [1.29, 1.82) is 0 Å². The Morgan fingerprint density at radius 1 is 1.34 bits per heavy atom. The molecule has 3 rings (SSSR count). The number of esters is 1. The van der Waals surface area contributed by atoms with Crippen LogP contribution in [0.25, 0.3) is 0 Å². The Kier molecular flexibility index (Phi) is 7.83. The Labute approximate surface area is 183 Å². The molecule has 2 fully saturated rings. The maximum Gasteiger partial charge on any atom is 0.315 e. The SMILES string of the molecule is COC(=O)C[C@H](NC(=O)CCCC[C@@H]1SC[C@@H]2NC(=O)N[C@@H]21)c1cccc(Br)c1. The molecule has 29 heavy (non-hydrogen) atoms. The number of ether oxygens (including phenoxy) is 1. The minimum Gasteiger partial charge on any atom is -0.469 e. The van der Waals surface area contributed by atoms with Crippen LogP contribution in [-0.4, -0.2) is 48.1 Å². The van der Waals surface area contributed by atoms with Crippen molar-refractivity contribution < 1.29 is 19.1 Å². The molecule has 4 atom stereocenters. The molecule has 0 aliphatic carbocycles. The van der Waals surface area contributed by atoms with Crippen molar-refractivity contribution in [2.75, 3.05) is 12.9 Å². The van der Waals surface area contributed by atoms with Crippen LogP contribution in [-0.2, 0) is 14.3 Å². The van der Waals surface area contributed by atoms with E-state index in [9.17, 15) is 14.4 Å². The number of benzene rings is 1. The van der Waals surface area contributed by atoms with Crippen molar-refractivity contribution in [3.8, 4) is 0 Å². The van der Waals surface area contributed by atoms with Crippen molar-refractivity contribution in [2.45, 2.75) is 55.5 Å². The molecule has 1 aromatic rings. The summed E-state index contributed by atoms with van der Waals surface area (Å²) in [4.78, 5) is 35.7. The molecule has 3 amide bonds. The van der Waals surface area contributed by atoms with Crippen molar-refractivity contribution in [2.24, 2.45) is 0 Å². The predicted molar refractivity (Wildman–Crippen MR) is 116 cm³/mol. The molecule has 2 aliphatic heterocycles. The van der Waals surface area contributed by atoms with Gasteiger partial charge in [-0.3, -0.25) is 9.59 Å². The van der Waals surface area contributed by atoms with E-state index in [0.717, 1.165) is 35.1 Å². The van der Waals surface area contributed by atoms with E-state index in [1.165, 1.54) is 7.11 Å². The smallest absolute Gasteiger partial charge is 0.315 e. The molecule has 2 heterocycles. The van der Waals surface area contributed by atoms with Gasteiger partial charge in [0.25, 0.3) is 0 Å². The van der Waals surface area contributed by atoms with Crippen molar-refractivity contribution in [1.82, 2.24) is 16.0 Å². The maximum atomic E-state index is 12.5. The van der Waals surface area contributed by atoms with Crippen LogP contribution in [0.3, 0.4) is 0 Å². The number of methoxy groups -OCH3 is 1. The minimum absolute atomic E-state index is 0.0751. The van der Waals surface area contributed by atoms with Gasteiger partial charge in [0.05, 0.1) is 31.7 Å². The number of halogens is 1. The fraction of sp³-hybridized carbons (Fsp3) is 0.550. The number of fused-ring (bicyclic) bond motifs is 1. The highest BCUT2D eigenvalue weighted by molar-refractivity contribution is 9.10. The normalized spacial score (nSPS) is 23.7. The minimum atomic E-state index is -0.418. The van der Waals surface area contributed by atoms with Crippen LogP contribution in [0.4, 0.5) is 4.79 Å². The first-order valence-electron chi connectivity index (χ1n) is 9.76. The second-order valence-electron chi connectivity index (χ2n) is 7.32. The van der Waals surface area contributed by atoms with Gasteiger partial charge in [0.1, 0.15) is 0 Å². The molecule has 0 bridgehead atoms. The number of unbranched alkanes of at least 4 members (excludes halogenated alkanes) is 1.